The lowest BCUT2D eigenvalue weighted by molar-refractivity contribution is -0.142. The van der Waals surface area contributed by atoms with Crippen molar-refractivity contribution >= 4 is 12.1 Å². The highest BCUT2D eigenvalue weighted by Gasteiger charge is 2.53. The van der Waals surface area contributed by atoms with Crippen LogP contribution in [0.2, 0.25) is 0 Å². The van der Waals surface area contributed by atoms with Gasteiger partial charge in [0, 0.05) is 5.92 Å². The molecule has 5 heteroatoms. The van der Waals surface area contributed by atoms with Crippen molar-refractivity contribution in [1.29, 1.82) is 0 Å². The SMILES string of the molecule is C=CCC[C@@H]1C[C@]1(C)OC(=O)N[C@H](C(=O)O)C(C)(C)C. The quantitative estimate of drug-likeness (QED) is 0.735. The van der Waals surface area contributed by atoms with E-state index < -0.39 is 29.1 Å². The van der Waals surface area contributed by atoms with Gasteiger partial charge in [-0.05, 0) is 31.6 Å². The van der Waals surface area contributed by atoms with Gasteiger partial charge in [-0.3, -0.25) is 0 Å². The van der Waals surface area contributed by atoms with Crippen LogP contribution < -0.4 is 5.32 Å². The van der Waals surface area contributed by atoms with Crippen LogP contribution >= 0.6 is 0 Å². The van der Waals surface area contributed by atoms with Crippen molar-refractivity contribution in [1.82, 2.24) is 5.32 Å². The molecule has 114 valence electrons. The molecule has 1 rings (SSSR count). The van der Waals surface area contributed by atoms with Crippen molar-refractivity contribution < 1.29 is 19.4 Å². The van der Waals surface area contributed by atoms with Crippen LogP contribution in [0.4, 0.5) is 4.79 Å². The Hall–Kier alpha value is -1.52. The molecular weight excluding hydrogens is 258 g/mol. The number of rotatable bonds is 6. The Balaban J connectivity index is 2.52. The smallest absolute Gasteiger partial charge is 0.408 e. The van der Waals surface area contributed by atoms with E-state index in [0.717, 1.165) is 19.3 Å². The maximum absolute atomic E-state index is 11.9. The Morgan fingerprint density at radius 3 is 2.60 bits per heavy atom. The minimum absolute atomic E-state index is 0.337. The van der Waals surface area contributed by atoms with Gasteiger partial charge in [-0.2, -0.15) is 0 Å². The molecule has 0 heterocycles. The lowest BCUT2D eigenvalue weighted by atomic mass is 9.87. The van der Waals surface area contributed by atoms with Gasteiger partial charge in [0.25, 0.3) is 0 Å². The van der Waals surface area contributed by atoms with Crippen LogP contribution in [0.3, 0.4) is 0 Å². The van der Waals surface area contributed by atoms with E-state index in [1.807, 2.05) is 13.0 Å². The van der Waals surface area contributed by atoms with Crippen molar-refractivity contribution in [3.63, 3.8) is 0 Å². The van der Waals surface area contributed by atoms with Gasteiger partial charge in [-0.15, -0.1) is 6.58 Å². The number of hydrogen-bond donors (Lipinski definition) is 2. The summed E-state index contributed by atoms with van der Waals surface area (Å²) in [5, 5.41) is 11.6. The zero-order valence-electron chi connectivity index (χ0n) is 12.7. The third-order valence-corrected chi connectivity index (χ3v) is 3.78. The molecule has 0 aromatic rings. The monoisotopic (exact) mass is 283 g/mol. The molecule has 0 radical (unpaired) electrons. The zero-order chi connectivity index (χ0) is 15.6. The average molecular weight is 283 g/mol. The summed E-state index contributed by atoms with van der Waals surface area (Å²) >= 11 is 0. The third kappa shape index (κ3) is 4.25. The first-order valence-corrected chi connectivity index (χ1v) is 6.93. The highest BCUT2D eigenvalue weighted by atomic mass is 16.6. The minimum atomic E-state index is -1.06. The molecule has 0 unspecified atom stereocenters. The Labute approximate surface area is 120 Å². The molecule has 0 spiro atoms. The molecule has 1 fully saturated rings. The Morgan fingerprint density at radius 2 is 2.15 bits per heavy atom. The second-order valence-corrected chi connectivity index (χ2v) is 6.75. The maximum Gasteiger partial charge on any atom is 0.408 e. The number of allylic oxidation sites excluding steroid dienone is 1. The van der Waals surface area contributed by atoms with Crippen LogP contribution in [0.5, 0.6) is 0 Å². The predicted octanol–water partition coefficient (Wildman–Crippen LogP) is 2.96. The molecule has 0 bridgehead atoms. The number of alkyl carbamates (subject to hydrolysis) is 1. The van der Waals surface area contributed by atoms with Crippen molar-refractivity contribution in [3.8, 4) is 0 Å². The molecule has 1 aliphatic carbocycles. The van der Waals surface area contributed by atoms with Gasteiger partial charge in [0.15, 0.2) is 0 Å². The molecule has 0 aromatic carbocycles. The summed E-state index contributed by atoms with van der Waals surface area (Å²) in [6, 6.07) is -0.969. The molecule has 5 nitrogen and oxygen atoms in total. The van der Waals surface area contributed by atoms with E-state index in [1.165, 1.54) is 0 Å². The fourth-order valence-electron chi connectivity index (χ4n) is 2.29. The van der Waals surface area contributed by atoms with Crippen LogP contribution in [-0.2, 0) is 9.53 Å². The van der Waals surface area contributed by atoms with Crippen LogP contribution in [0.15, 0.2) is 12.7 Å². The molecule has 1 saturated carbocycles. The number of carbonyl (C=O) groups is 2. The predicted molar refractivity (Wildman–Crippen MR) is 76.4 cm³/mol. The van der Waals surface area contributed by atoms with Crippen molar-refractivity contribution in [2.75, 3.05) is 0 Å². The van der Waals surface area contributed by atoms with Gasteiger partial charge < -0.3 is 15.2 Å². The topological polar surface area (TPSA) is 75.6 Å². The summed E-state index contributed by atoms with van der Waals surface area (Å²) in [5.41, 5.74) is -1.04. The number of hydrogen-bond acceptors (Lipinski definition) is 3. The molecule has 0 saturated heterocycles. The van der Waals surface area contributed by atoms with E-state index in [-0.39, 0.29) is 0 Å². The minimum Gasteiger partial charge on any atom is -0.480 e. The zero-order valence-corrected chi connectivity index (χ0v) is 12.7. The molecule has 1 amide bonds. The van der Waals surface area contributed by atoms with E-state index in [4.69, 9.17) is 9.84 Å². The van der Waals surface area contributed by atoms with Crippen molar-refractivity contribution in [2.45, 2.75) is 58.6 Å². The van der Waals surface area contributed by atoms with Crippen molar-refractivity contribution in [3.05, 3.63) is 12.7 Å². The number of nitrogens with one attached hydrogen (secondary N) is 1. The van der Waals surface area contributed by atoms with E-state index in [2.05, 4.69) is 11.9 Å². The largest absolute Gasteiger partial charge is 0.480 e. The number of carboxylic acid groups (broad SMARTS) is 1. The highest BCUT2D eigenvalue weighted by molar-refractivity contribution is 5.80. The number of aliphatic carboxylic acids is 1. The maximum atomic E-state index is 11.9. The Bertz CT molecular complexity index is 399. The number of carbonyl (C=O) groups excluding carboxylic acids is 1. The first kappa shape index (κ1) is 16.5. The van der Waals surface area contributed by atoms with Crippen LogP contribution in [0.25, 0.3) is 0 Å². The highest BCUT2D eigenvalue weighted by Crippen LogP contribution is 2.49. The summed E-state index contributed by atoms with van der Waals surface area (Å²) in [7, 11) is 0. The van der Waals surface area contributed by atoms with Gasteiger partial charge >= 0.3 is 12.1 Å². The molecule has 0 aromatic heterocycles. The van der Waals surface area contributed by atoms with Gasteiger partial charge in [0.1, 0.15) is 11.6 Å². The lowest BCUT2D eigenvalue weighted by Gasteiger charge is -2.28. The van der Waals surface area contributed by atoms with Gasteiger partial charge in [-0.1, -0.05) is 26.8 Å². The second kappa shape index (κ2) is 5.85. The van der Waals surface area contributed by atoms with Crippen molar-refractivity contribution in [2.24, 2.45) is 11.3 Å². The molecule has 0 aliphatic heterocycles. The molecule has 2 N–H and O–H groups in total. The number of carboxylic acids is 1. The summed E-state index contributed by atoms with van der Waals surface area (Å²) in [6.07, 6.45) is 3.84. The third-order valence-electron chi connectivity index (χ3n) is 3.78. The van der Waals surface area contributed by atoms with E-state index in [1.54, 1.807) is 20.8 Å². The molecule has 1 aliphatic rings. The normalized spacial score (nSPS) is 26.5. The lowest BCUT2D eigenvalue weighted by Crippen LogP contribution is -2.50. The van der Waals surface area contributed by atoms with E-state index in [0.29, 0.717) is 5.92 Å². The summed E-state index contributed by atoms with van der Waals surface area (Å²) in [5.74, 6) is -0.720. The van der Waals surface area contributed by atoms with Crippen LogP contribution in [0, 0.1) is 11.3 Å². The van der Waals surface area contributed by atoms with E-state index in [9.17, 15) is 9.59 Å². The molecule has 3 atom stereocenters. The average Bonchev–Trinajstić information content (AvgIpc) is 2.91. The van der Waals surface area contributed by atoms with Crippen LogP contribution in [-0.4, -0.2) is 28.8 Å². The fraction of sp³-hybridized carbons (Fsp3) is 0.733. The fourth-order valence-corrected chi connectivity index (χ4v) is 2.29. The molecule has 20 heavy (non-hydrogen) atoms. The summed E-state index contributed by atoms with van der Waals surface area (Å²) in [6.45, 7) is 10.8. The van der Waals surface area contributed by atoms with E-state index >= 15 is 0 Å². The first-order valence-electron chi connectivity index (χ1n) is 6.93. The van der Waals surface area contributed by atoms with Gasteiger partial charge in [0.05, 0.1) is 0 Å². The van der Waals surface area contributed by atoms with Gasteiger partial charge in [-0.25, -0.2) is 9.59 Å². The first-order chi connectivity index (χ1) is 9.10. The summed E-state index contributed by atoms with van der Waals surface area (Å²) in [4.78, 5) is 23.0. The number of ether oxygens (including phenoxy) is 1. The standard InChI is InChI=1S/C15H25NO4/c1-6-7-8-10-9-15(10,5)20-13(19)16-11(12(17)18)14(2,3)4/h6,10-11H,1,7-9H2,2-5H3,(H,16,19)(H,17,18)/t10-,11-,15+/m1/s1. The Morgan fingerprint density at radius 1 is 1.55 bits per heavy atom. The second-order valence-electron chi connectivity index (χ2n) is 6.75. The Kier molecular flexibility index (Phi) is 4.84. The van der Waals surface area contributed by atoms with Crippen LogP contribution in [0.1, 0.15) is 47.0 Å². The molecular formula is C15H25NO4. The summed E-state index contributed by atoms with van der Waals surface area (Å²) < 4.78 is 5.39. The van der Waals surface area contributed by atoms with Gasteiger partial charge in [0.2, 0.25) is 0 Å². The number of amides is 1.